The van der Waals surface area contributed by atoms with Crippen LogP contribution in [0.25, 0.3) is 0 Å². The van der Waals surface area contributed by atoms with Crippen LogP contribution >= 0.6 is 0 Å². The molecule has 4 nitrogen and oxygen atoms in total. The average Bonchev–Trinajstić information content (AvgIpc) is 2.28. The predicted molar refractivity (Wildman–Crippen MR) is 66.7 cm³/mol. The van der Waals surface area contributed by atoms with Crippen LogP contribution in [-0.4, -0.2) is 19.4 Å². The molecule has 0 aliphatic heterocycles. The lowest BCUT2D eigenvalue weighted by atomic mass is 10.1. The highest BCUT2D eigenvalue weighted by atomic mass is 32.2. The Hall–Kier alpha value is -1.07. The second-order valence-corrected chi connectivity index (χ2v) is 6.50. The first-order chi connectivity index (χ1) is 7.38. The molecule has 0 saturated heterocycles. The van der Waals surface area contributed by atoms with Crippen LogP contribution in [0.4, 0.5) is 5.69 Å². The third-order valence-corrected chi connectivity index (χ3v) is 5.03. The maximum atomic E-state index is 11.7. The molecule has 0 bridgehead atoms. The summed E-state index contributed by atoms with van der Waals surface area (Å²) in [7, 11) is -3.11. The molecular formula is C11H18N2O2S. The number of benzene rings is 1. The molecule has 1 aromatic rings. The first-order valence-corrected chi connectivity index (χ1v) is 6.92. The van der Waals surface area contributed by atoms with Gasteiger partial charge in [-0.3, -0.25) is 0 Å². The Morgan fingerprint density at radius 2 is 1.75 bits per heavy atom. The van der Waals surface area contributed by atoms with Crippen molar-refractivity contribution in [2.75, 3.05) is 11.5 Å². The molecule has 1 aromatic carbocycles. The molecule has 0 spiro atoms. The van der Waals surface area contributed by atoms with E-state index in [0.29, 0.717) is 5.69 Å². The van der Waals surface area contributed by atoms with E-state index in [2.05, 4.69) is 0 Å². The Kier molecular flexibility index (Phi) is 3.93. The van der Waals surface area contributed by atoms with Crippen LogP contribution in [0.15, 0.2) is 24.3 Å². The molecule has 0 heterocycles. The van der Waals surface area contributed by atoms with Crippen LogP contribution in [-0.2, 0) is 9.84 Å². The summed E-state index contributed by atoms with van der Waals surface area (Å²) in [6.45, 7) is 3.27. The van der Waals surface area contributed by atoms with Crippen molar-refractivity contribution >= 4 is 15.5 Å². The minimum atomic E-state index is -3.11. The fourth-order valence-corrected chi connectivity index (χ4v) is 2.61. The lowest BCUT2D eigenvalue weighted by molar-refractivity contribution is 0.566. The number of sulfone groups is 1. The summed E-state index contributed by atoms with van der Waals surface area (Å²) in [6.07, 6.45) is 0. The van der Waals surface area contributed by atoms with Crippen molar-refractivity contribution in [2.45, 2.75) is 25.1 Å². The number of anilines is 1. The van der Waals surface area contributed by atoms with Gasteiger partial charge in [0.05, 0.1) is 5.25 Å². The van der Waals surface area contributed by atoms with Crippen LogP contribution in [0, 0.1) is 0 Å². The monoisotopic (exact) mass is 242 g/mol. The smallest absolute Gasteiger partial charge is 0.154 e. The first kappa shape index (κ1) is 13.0. The molecule has 0 amide bonds. The van der Waals surface area contributed by atoms with Crippen LogP contribution in [0.1, 0.15) is 25.5 Å². The van der Waals surface area contributed by atoms with E-state index in [9.17, 15) is 8.42 Å². The van der Waals surface area contributed by atoms with E-state index in [1.807, 2.05) is 0 Å². The van der Waals surface area contributed by atoms with Crippen molar-refractivity contribution in [3.63, 3.8) is 0 Å². The Morgan fingerprint density at radius 3 is 2.19 bits per heavy atom. The van der Waals surface area contributed by atoms with E-state index < -0.39 is 21.1 Å². The van der Waals surface area contributed by atoms with Crippen LogP contribution in [0.3, 0.4) is 0 Å². The third kappa shape index (κ3) is 2.74. The van der Waals surface area contributed by atoms with Gasteiger partial charge >= 0.3 is 0 Å². The van der Waals surface area contributed by atoms with Gasteiger partial charge in [-0.25, -0.2) is 8.42 Å². The lowest BCUT2D eigenvalue weighted by Gasteiger charge is -2.20. The average molecular weight is 242 g/mol. The van der Waals surface area contributed by atoms with Crippen molar-refractivity contribution in [1.82, 2.24) is 0 Å². The molecule has 16 heavy (non-hydrogen) atoms. The highest BCUT2D eigenvalue weighted by molar-refractivity contribution is 7.92. The number of rotatable bonds is 4. The SMILES string of the molecule is CCS(=O)(=O)[C@@H](C)[C@@H](N)c1ccc(N)cc1. The maximum absolute atomic E-state index is 11.7. The third-order valence-electron chi connectivity index (χ3n) is 2.80. The van der Waals surface area contributed by atoms with Gasteiger partial charge in [0.15, 0.2) is 9.84 Å². The topological polar surface area (TPSA) is 86.2 Å². The Bertz CT molecular complexity index is 440. The molecule has 1 rings (SSSR count). The van der Waals surface area contributed by atoms with E-state index in [-0.39, 0.29) is 5.75 Å². The zero-order chi connectivity index (χ0) is 12.3. The predicted octanol–water partition coefficient (Wildman–Crippen LogP) is 1.09. The molecule has 0 aliphatic rings. The molecule has 0 unspecified atom stereocenters. The summed E-state index contributed by atoms with van der Waals surface area (Å²) < 4.78 is 23.4. The molecule has 0 aromatic heterocycles. The second kappa shape index (κ2) is 4.84. The first-order valence-electron chi connectivity index (χ1n) is 5.21. The molecule has 90 valence electrons. The summed E-state index contributed by atoms with van der Waals surface area (Å²) >= 11 is 0. The minimum absolute atomic E-state index is 0.108. The molecule has 0 fully saturated rings. The van der Waals surface area contributed by atoms with Gasteiger partial charge in [0.2, 0.25) is 0 Å². The van der Waals surface area contributed by atoms with Gasteiger partial charge in [0.1, 0.15) is 0 Å². The molecule has 5 heteroatoms. The second-order valence-electron chi connectivity index (χ2n) is 3.85. The fourth-order valence-electron chi connectivity index (χ4n) is 1.48. The van der Waals surface area contributed by atoms with Crippen LogP contribution in [0.2, 0.25) is 0 Å². The highest BCUT2D eigenvalue weighted by Crippen LogP contribution is 2.21. The molecular weight excluding hydrogens is 224 g/mol. The summed E-state index contributed by atoms with van der Waals surface area (Å²) in [4.78, 5) is 0. The Balaban J connectivity index is 2.94. The number of hydrogen-bond acceptors (Lipinski definition) is 4. The van der Waals surface area contributed by atoms with Crippen molar-refractivity contribution in [1.29, 1.82) is 0 Å². The zero-order valence-corrected chi connectivity index (χ0v) is 10.4. The maximum Gasteiger partial charge on any atom is 0.154 e. The van der Waals surface area contributed by atoms with E-state index in [1.54, 1.807) is 38.1 Å². The number of nitrogen functional groups attached to an aromatic ring is 1. The number of nitrogens with two attached hydrogens (primary N) is 2. The molecule has 0 saturated carbocycles. The normalized spacial score (nSPS) is 15.7. The summed E-state index contributed by atoms with van der Waals surface area (Å²) in [5.74, 6) is 0.108. The minimum Gasteiger partial charge on any atom is -0.399 e. The summed E-state index contributed by atoms with van der Waals surface area (Å²) in [5.41, 5.74) is 12.9. The van der Waals surface area contributed by atoms with Crippen LogP contribution < -0.4 is 11.5 Å². The molecule has 4 N–H and O–H groups in total. The lowest BCUT2D eigenvalue weighted by Crippen LogP contribution is -2.32. The van der Waals surface area contributed by atoms with E-state index in [1.165, 1.54) is 0 Å². The summed E-state index contributed by atoms with van der Waals surface area (Å²) in [6, 6.07) is 6.47. The van der Waals surface area contributed by atoms with Gasteiger partial charge in [0, 0.05) is 17.5 Å². The summed E-state index contributed by atoms with van der Waals surface area (Å²) in [5, 5.41) is -0.582. The molecule has 0 radical (unpaired) electrons. The largest absolute Gasteiger partial charge is 0.399 e. The number of hydrogen-bond donors (Lipinski definition) is 2. The van der Waals surface area contributed by atoms with Gasteiger partial charge in [-0.2, -0.15) is 0 Å². The van der Waals surface area contributed by atoms with Gasteiger partial charge < -0.3 is 11.5 Å². The fraction of sp³-hybridized carbons (Fsp3) is 0.455. The highest BCUT2D eigenvalue weighted by Gasteiger charge is 2.26. The quantitative estimate of drug-likeness (QED) is 0.774. The van der Waals surface area contributed by atoms with Crippen molar-refractivity contribution in [3.05, 3.63) is 29.8 Å². The van der Waals surface area contributed by atoms with Gasteiger partial charge in [-0.1, -0.05) is 19.1 Å². The van der Waals surface area contributed by atoms with E-state index in [0.717, 1.165) is 5.56 Å². The molecule has 2 atom stereocenters. The van der Waals surface area contributed by atoms with Gasteiger partial charge in [-0.05, 0) is 24.6 Å². The standard InChI is InChI=1S/C11H18N2O2S/c1-3-16(14,15)8(2)11(13)9-4-6-10(12)7-5-9/h4-8,11H,3,12-13H2,1-2H3/t8-,11+/m0/s1. The Morgan fingerprint density at radius 1 is 1.25 bits per heavy atom. The molecule has 0 aliphatic carbocycles. The van der Waals surface area contributed by atoms with Crippen molar-refractivity contribution in [2.24, 2.45) is 5.73 Å². The van der Waals surface area contributed by atoms with E-state index >= 15 is 0 Å². The van der Waals surface area contributed by atoms with Gasteiger partial charge in [0.25, 0.3) is 0 Å². The van der Waals surface area contributed by atoms with Crippen molar-refractivity contribution < 1.29 is 8.42 Å². The Labute approximate surface area is 96.6 Å². The zero-order valence-electron chi connectivity index (χ0n) is 9.55. The van der Waals surface area contributed by atoms with Crippen LogP contribution in [0.5, 0.6) is 0 Å². The van der Waals surface area contributed by atoms with Gasteiger partial charge in [-0.15, -0.1) is 0 Å². The van der Waals surface area contributed by atoms with Crippen molar-refractivity contribution in [3.8, 4) is 0 Å². The van der Waals surface area contributed by atoms with E-state index in [4.69, 9.17) is 11.5 Å².